The van der Waals surface area contributed by atoms with Gasteiger partial charge in [-0.15, -0.1) is 5.10 Å². The van der Waals surface area contributed by atoms with Gasteiger partial charge in [0.05, 0.1) is 11.3 Å². The second-order valence-electron chi connectivity index (χ2n) is 3.89. The lowest BCUT2D eigenvalue weighted by atomic mass is 10.2. The van der Waals surface area contributed by atoms with Gasteiger partial charge < -0.3 is 10.4 Å². The summed E-state index contributed by atoms with van der Waals surface area (Å²) in [7, 11) is 0. The summed E-state index contributed by atoms with van der Waals surface area (Å²) in [5.74, 6) is -1.49. The van der Waals surface area contributed by atoms with Crippen LogP contribution in [0.1, 0.15) is 32.6 Å². The van der Waals surface area contributed by atoms with Gasteiger partial charge in [0.15, 0.2) is 0 Å². The van der Waals surface area contributed by atoms with E-state index in [2.05, 4.69) is 14.9 Å². The van der Waals surface area contributed by atoms with Crippen LogP contribution in [0.15, 0.2) is 18.2 Å². The number of hydrogen-bond donors (Lipinski definition) is 2. The minimum atomic E-state index is -1.11. The number of nitrogens with zero attached hydrogens (tertiary/aromatic N) is 2. The molecule has 20 heavy (non-hydrogen) atoms. The molecule has 0 saturated heterocycles. The van der Waals surface area contributed by atoms with Gasteiger partial charge in [-0.25, -0.2) is 4.79 Å². The Hall–Kier alpha value is -1.99. The summed E-state index contributed by atoms with van der Waals surface area (Å²) in [6, 6.07) is 4.13. The Morgan fingerprint density at radius 3 is 2.80 bits per heavy atom. The van der Waals surface area contributed by atoms with Crippen LogP contribution >= 0.6 is 23.1 Å². The number of carboxylic acids is 1. The Morgan fingerprint density at radius 1 is 1.40 bits per heavy atom. The van der Waals surface area contributed by atoms with Crippen LogP contribution in [0.4, 0.5) is 5.69 Å². The van der Waals surface area contributed by atoms with Crippen molar-refractivity contribution in [2.75, 3.05) is 5.32 Å². The third-order valence-corrected chi connectivity index (χ3v) is 3.48. The molecule has 0 aliphatic rings. The number of rotatable bonds is 4. The lowest BCUT2D eigenvalue weighted by molar-refractivity contribution is 0.0696. The number of carbonyl (C=O) groups is 2. The molecule has 0 saturated carbocycles. The maximum absolute atomic E-state index is 12.1. The Labute approximate surface area is 123 Å². The predicted molar refractivity (Wildman–Crippen MR) is 75.7 cm³/mol. The van der Waals surface area contributed by atoms with Gasteiger partial charge in [-0.3, -0.25) is 4.79 Å². The molecule has 0 unspecified atom stereocenters. The molecular formula is C12H10ClN3O3S. The molecule has 1 aromatic heterocycles. The summed E-state index contributed by atoms with van der Waals surface area (Å²) in [6.45, 7) is 1.87. The number of amides is 1. The minimum Gasteiger partial charge on any atom is -0.478 e. The highest BCUT2D eigenvalue weighted by molar-refractivity contribution is 7.08. The fourth-order valence-corrected chi connectivity index (χ4v) is 2.47. The smallest absolute Gasteiger partial charge is 0.335 e. The van der Waals surface area contributed by atoms with E-state index in [9.17, 15) is 9.59 Å². The molecule has 0 spiro atoms. The molecule has 1 aromatic carbocycles. The normalized spacial score (nSPS) is 10.3. The number of halogens is 1. The molecule has 0 fully saturated rings. The van der Waals surface area contributed by atoms with Gasteiger partial charge in [0.1, 0.15) is 4.88 Å². The van der Waals surface area contributed by atoms with Crippen molar-refractivity contribution in [1.29, 1.82) is 0 Å². The highest BCUT2D eigenvalue weighted by atomic mass is 35.5. The maximum Gasteiger partial charge on any atom is 0.335 e. The lowest BCUT2D eigenvalue weighted by Crippen LogP contribution is -2.13. The minimum absolute atomic E-state index is 0.00550. The summed E-state index contributed by atoms with van der Waals surface area (Å²) >= 11 is 6.82. The second-order valence-corrected chi connectivity index (χ2v) is 5.08. The molecule has 0 aliphatic heterocycles. The molecule has 6 nitrogen and oxygen atoms in total. The third-order valence-electron chi connectivity index (χ3n) is 2.50. The molecule has 0 atom stereocenters. The number of hydrogen-bond acceptors (Lipinski definition) is 5. The van der Waals surface area contributed by atoms with Crippen LogP contribution in [0.3, 0.4) is 0 Å². The molecule has 8 heteroatoms. The Morgan fingerprint density at radius 2 is 2.15 bits per heavy atom. The van der Waals surface area contributed by atoms with E-state index in [1.807, 2.05) is 6.92 Å². The van der Waals surface area contributed by atoms with Crippen LogP contribution in [0, 0.1) is 0 Å². The van der Waals surface area contributed by atoms with Crippen molar-refractivity contribution in [3.63, 3.8) is 0 Å². The molecule has 104 valence electrons. The van der Waals surface area contributed by atoms with Gasteiger partial charge in [0, 0.05) is 10.7 Å². The zero-order valence-corrected chi connectivity index (χ0v) is 12.0. The van der Waals surface area contributed by atoms with E-state index in [1.54, 1.807) is 0 Å². The first-order chi connectivity index (χ1) is 9.51. The molecule has 0 aliphatic carbocycles. The highest BCUT2D eigenvalue weighted by Crippen LogP contribution is 2.21. The fourth-order valence-electron chi connectivity index (χ4n) is 1.59. The predicted octanol–water partition coefficient (Wildman–Crippen LogP) is 2.70. The number of aryl methyl sites for hydroxylation is 1. The van der Waals surface area contributed by atoms with E-state index in [1.165, 1.54) is 18.2 Å². The van der Waals surface area contributed by atoms with E-state index in [0.29, 0.717) is 22.7 Å². The number of aromatic carboxylic acids is 1. The highest BCUT2D eigenvalue weighted by Gasteiger charge is 2.16. The zero-order valence-electron chi connectivity index (χ0n) is 10.4. The van der Waals surface area contributed by atoms with E-state index >= 15 is 0 Å². The molecular weight excluding hydrogens is 302 g/mol. The van der Waals surface area contributed by atoms with Gasteiger partial charge >= 0.3 is 5.97 Å². The quantitative estimate of drug-likeness (QED) is 0.905. The zero-order chi connectivity index (χ0) is 14.7. The van der Waals surface area contributed by atoms with Gasteiger partial charge in [-0.1, -0.05) is 23.0 Å². The van der Waals surface area contributed by atoms with E-state index < -0.39 is 5.97 Å². The van der Waals surface area contributed by atoms with Crippen LogP contribution in [0.5, 0.6) is 0 Å². The van der Waals surface area contributed by atoms with E-state index in [0.717, 1.165) is 11.5 Å². The number of anilines is 1. The summed E-state index contributed by atoms with van der Waals surface area (Å²) in [5, 5.41) is 15.6. The SMILES string of the molecule is CCc1nnsc1C(=O)Nc1cc(Cl)cc(C(=O)O)c1. The monoisotopic (exact) mass is 311 g/mol. The van der Waals surface area contributed by atoms with E-state index in [4.69, 9.17) is 16.7 Å². The topological polar surface area (TPSA) is 92.2 Å². The van der Waals surface area contributed by atoms with Crippen molar-refractivity contribution in [2.45, 2.75) is 13.3 Å². The van der Waals surface area contributed by atoms with Crippen molar-refractivity contribution < 1.29 is 14.7 Å². The summed E-state index contributed by atoms with van der Waals surface area (Å²) in [4.78, 5) is 23.4. The van der Waals surface area contributed by atoms with Crippen LogP contribution in [0.2, 0.25) is 5.02 Å². The van der Waals surface area contributed by atoms with Crippen molar-refractivity contribution >= 4 is 40.7 Å². The molecule has 1 amide bonds. The van der Waals surface area contributed by atoms with Crippen LogP contribution in [-0.2, 0) is 6.42 Å². The van der Waals surface area contributed by atoms with Gasteiger partial charge in [0.25, 0.3) is 5.91 Å². The standard InChI is InChI=1S/C12H10ClN3O3S/c1-2-9-10(20-16-15-9)11(17)14-8-4-6(12(18)19)3-7(13)5-8/h3-5H,2H2,1H3,(H,14,17)(H,18,19). The average molecular weight is 312 g/mol. The maximum atomic E-state index is 12.1. The molecule has 2 N–H and O–H groups in total. The van der Waals surface area contributed by atoms with Gasteiger partial charge in [0.2, 0.25) is 0 Å². The second kappa shape index (κ2) is 5.98. The van der Waals surface area contributed by atoms with Crippen molar-refractivity contribution in [3.8, 4) is 0 Å². The molecule has 0 radical (unpaired) electrons. The van der Waals surface area contributed by atoms with Crippen molar-refractivity contribution in [1.82, 2.24) is 9.59 Å². The van der Waals surface area contributed by atoms with Crippen molar-refractivity contribution in [2.24, 2.45) is 0 Å². The Balaban J connectivity index is 2.26. The first-order valence-corrected chi connectivity index (χ1v) is 6.83. The molecule has 0 bridgehead atoms. The number of aromatic nitrogens is 2. The number of carboxylic acid groups (broad SMARTS) is 1. The summed E-state index contributed by atoms with van der Waals surface area (Å²) < 4.78 is 3.73. The first-order valence-electron chi connectivity index (χ1n) is 5.67. The van der Waals surface area contributed by atoms with Crippen LogP contribution < -0.4 is 5.32 Å². The fraction of sp³-hybridized carbons (Fsp3) is 0.167. The van der Waals surface area contributed by atoms with Crippen LogP contribution in [-0.4, -0.2) is 26.6 Å². The van der Waals surface area contributed by atoms with Crippen LogP contribution in [0.25, 0.3) is 0 Å². The van der Waals surface area contributed by atoms with Gasteiger partial charge in [-0.05, 0) is 36.2 Å². The lowest BCUT2D eigenvalue weighted by Gasteiger charge is -2.06. The van der Waals surface area contributed by atoms with Gasteiger partial charge in [-0.2, -0.15) is 0 Å². The summed E-state index contributed by atoms with van der Waals surface area (Å²) in [5.41, 5.74) is 0.925. The Bertz CT molecular complexity index is 672. The molecule has 2 aromatic rings. The number of carbonyl (C=O) groups excluding carboxylic acids is 1. The first kappa shape index (κ1) is 14.4. The third kappa shape index (κ3) is 3.12. The van der Waals surface area contributed by atoms with E-state index in [-0.39, 0.29) is 16.5 Å². The summed E-state index contributed by atoms with van der Waals surface area (Å²) in [6.07, 6.45) is 0.592. The van der Waals surface area contributed by atoms with Crippen molar-refractivity contribution in [3.05, 3.63) is 39.4 Å². The molecule has 1 heterocycles. The number of benzene rings is 1. The average Bonchev–Trinajstić information content (AvgIpc) is 2.86. The number of nitrogens with one attached hydrogen (secondary N) is 1. The molecule has 2 rings (SSSR count). The largest absolute Gasteiger partial charge is 0.478 e. The Kier molecular flexibility index (Phi) is 4.31.